The molecule has 0 aromatic rings. The molecule has 0 bridgehead atoms. The van der Waals surface area contributed by atoms with Crippen LogP contribution >= 0.6 is 0 Å². The molecule has 0 rings (SSSR count). The lowest BCUT2D eigenvalue weighted by Gasteiger charge is -2.17. The van der Waals surface area contributed by atoms with E-state index in [2.05, 4.69) is 25.7 Å². The summed E-state index contributed by atoms with van der Waals surface area (Å²) in [7, 11) is 0. The molecule has 0 amide bonds. The second-order valence-electron chi connectivity index (χ2n) is 9.00. The zero-order valence-corrected chi connectivity index (χ0v) is 20.8. The number of ether oxygens (including phenoxy) is 1. The van der Waals surface area contributed by atoms with Crippen molar-refractivity contribution in [2.75, 3.05) is 32.8 Å². The van der Waals surface area contributed by atoms with Crippen molar-refractivity contribution in [2.24, 2.45) is 0 Å². The zero-order chi connectivity index (χ0) is 21.3. The summed E-state index contributed by atoms with van der Waals surface area (Å²) < 4.78 is 5.78. The van der Waals surface area contributed by atoms with Gasteiger partial charge >= 0.3 is 0 Å². The smallest absolute Gasteiger partial charge is 0.0478 e. The molecule has 0 unspecified atom stereocenters. The van der Waals surface area contributed by atoms with Crippen LogP contribution in [0.1, 0.15) is 143 Å². The SMILES string of the molecule is CCCCCCCCCCCCCCCCCCCCOCCCN(CC)CC. The Kier molecular flexibility index (Phi) is 25.9. The van der Waals surface area contributed by atoms with Gasteiger partial charge in [0, 0.05) is 19.8 Å². The fraction of sp³-hybridized carbons (Fsp3) is 1.00. The highest BCUT2D eigenvalue weighted by atomic mass is 16.5. The molecule has 0 aliphatic carbocycles. The Morgan fingerprint density at radius 3 is 1.14 bits per heavy atom. The maximum atomic E-state index is 5.78. The maximum Gasteiger partial charge on any atom is 0.0478 e. The summed E-state index contributed by atoms with van der Waals surface area (Å²) in [6, 6.07) is 0. The fourth-order valence-electron chi connectivity index (χ4n) is 4.14. The summed E-state index contributed by atoms with van der Waals surface area (Å²) in [4.78, 5) is 2.47. The standard InChI is InChI=1S/C27H57NO/c1-4-7-8-9-10-11-12-13-14-15-16-17-18-19-20-21-22-23-26-29-27-24-25-28(5-2)6-3/h4-27H2,1-3H3. The van der Waals surface area contributed by atoms with Crippen molar-refractivity contribution < 1.29 is 4.74 Å². The van der Waals surface area contributed by atoms with Crippen LogP contribution in [0.2, 0.25) is 0 Å². The van der Waals surface area contributed by atoms with E-state index < -0.39 is 0 Å². The lowest BCUT2D eigenvalue weighted by molar-refractivity contribution is 0.118. The average molecular weight is 412 g/mol. The minimum absolute atomic E-state index is 0.940. The second kappa shape index (κ2) is 26.0. The first-order valence-electron chi connectivity index (χ1n) is 13.6. The third-order valence-corrected chi connectivity index (χ3v) is 6.30. The molecule has 0 spiro atoms. The van der Waals surface area contributed by atoms with E-state index in [-0.39, 0.29) is 0 Å². The third-order valence-electron chi connectivity index (χ3n) is 6.30. The van der Waals surface area contributed by atoms with Gasteiger partial charge in [0.25, 0.3) is 0 Å². The lowest BCUT2D eigenvalue weighted by Crippen LogP contribution is -2.24. The molecule has 0 atom stereocenters. The van der Waals surface area contributed by atoms with Gasteiger partial charge in [-0.05, 0) is 25.9 Å². The molecule has 0 radical (unpaired) electrons. The highest BCUT2D eigenvalue weighted by Crippen LogP contribution is 2.14. The molecule has 0 saturated heterocycles. The molecule has 0 heterocycles. The Bertz CT molecular complexity index is 278. The molecule has 29 heavy (non-hydrogen) atoms. The quantitative estimate of drug-likeness (QED) is 0.139. The Balaban J connectivity index is 3.03. The second-order valence-corrected chi connectivity index (χ2v) is 9.00. The molecule has 176 valence electrons. The first-order valence-corrected chi connectivity index (χ1v) is 13.6. The van der Waals surface area contributed by atoms with Gasteiger partial charge in [-0.15, -0.1) is 0 Å². The van der Waals surface area contributed by atoms with Gasteiger partial charge < -0.3 is 9.64 Å². The Morgan fingerprint density at radius 2 is 0.759 bits per heavy atom. The molecule has 0 aliphatic rings. The largest absolute Gasteiger partial charge is 0.381 e. The van der Waals surface area contributed by atoms with Crippen LogP contribution in [-0.2, 0) is 4.74 Å². The molecule has 0 aromatic heterocycles. The highest BCUT2D eigenvalue weighted by Gasteiger charge is 1.98. The van der Waals surface area contributed by atoms with Gasteiger partial charge in [0.05, 0.1) is 0 Å². The maximum absolute atomic E-state index is 5.78. The van der Waals surface area contributed by atoms with E-state index in [1.165, 1.54) is 129 Å². The van der Waals surface area contributed by atoms with E-state index in [0.717, 1.165) is 26.3 Å². The minimum Gasteiger partial charge on any atom is -0.381 e. The van der Waals surface area contributed by atoms with Gasteiger partial charge in [0.2, 0.25) is 0 Å². The van der Waals surface area contributed by atoms with Gasteiger partial charge in [-0.25, -0.2) is 0 Å². The fourth-order valence-corrected chi connectivity index (χ4v) is 4.14. The van der Waals surface area contributed by atoms with Gasteiger partial charge in [0.1, 0.15) is 0 Å². The Labute approximate surface area is 185 Å². The number of unbranched alkanes of at least 4 members (excludes halogenated alkanes) is 17. The van der Waals surface area contributed by atoms with E-state index in [9.17, 15) is 0 Å². The van der Waals surface area contributed by atoms with Crippen LogP contribution in [0.3, 0.4) is 0 Å². The molecule has 0 fully saturated rings. The molecule has 0 aromatic carbocycles. The van der Waals surface area contributed by atoms with Crippen LogP contribution in [0.25, 0.3) is 0 Å². The van der Waals surface area contributed by atoms with Crippen LogP contribution in [-0.4, -0.2) is 37.7 Å². The van der Waals surface area contributed by atoms with Gasteiger partial charge in [-0.2, -0.15) is 0 Å². The van der Waals surface area contributed by atoms with E-state index in [1.54, 1.807) is 0 Å². The van der Waals surface area contributed by atoms with Crippen LogP contribution in [0, 0.1) is 0 Å². The molecule has 0 N–H and O–H groups in total. The monoisotopic (exact) mass is 411 g/mol. The summed E-state index contributed by atoms with van der Waals surface area (Å²) in [6.45, 7) is 12.2. The molecule has 0 aliphatic heterocycles. The number of hydrogen-bond acceptors (Lipinski definition) is 2. The number of hydrogen-bond donors (Lipinski definition) is 0. The summed E-state index contributed by atoms with van der Waals surface area (Å²) in [6.07, 6.45) is 27.1. The predicted octanol–water partition coefficient (Wildman–Crippen LogP) is 8.78. The van der Waals surface area contributed by atoms with Crippen molar-refractivity contribution >= 4 is 0 Å². The first kappa shape index (κ1) is 28.9. The zero-order valence-electron chi connectivity index (χ0n) is 20.8. The normalized spacial score (nSPS) is 11.6. The molecule has 2 heteroatoms. The summed E-state index contributed by atoms with van der Waals surface area (Å²) in [5.74, 6) is 0. The number of rotatable bonds is 25. The van der Waals surface area contributed by atoms with Gasteiger partial charge in [0.15, 0.2) is 0 Å². The third kappa shape index (κ3) is 24.1. The lowest BCUT2D eigenvalue weighted by atomic mass is 10.0. The minimum atomic E-state index is 0.940. The van der Waals surface area contributed by atoms with Crippen molar-refractivity contribution in [1.82, 2.24) is 4.90 Å². The topological polar surface area (TPSA) is 12.5 Å². The predicted molar refractivity (Wildman–Crippen MR) is 132 cm³/mol. The highest BCUT2D eigenvalue weighted by molar-refractivity contribution is 4.52. The van der Waals surface area contributed by atoms with Gasteiger partial charge in [-0.1, -0.05) is 130 Å². The first-order chi connectivity index (χ1) is 14.3. The Morgan fingerprint density at radius 1 is 0.414 bits per heavy atom. The molecular formula is C27H57NO. The molecule has 0 saturated carbocycles. The van der Waals surface area contributed by atoms with Crippen LogP contribution in [0.15, 0.2) is 0 Å². The number of nitrogens with zero attached hydrogens (tertiary/aromatic N) is 1. The van der Waals surface area contributed by atoms with Crippen molar-refractivity contribution in [2.45, 2.75) is 143 Å². The van der Waals surface area contributed by atoms with Crippen molar-refractivity contribution in [1.29, 1.82) is 0 Å². The summed E-state index contributed by atoms with van der Waals surface area (Å²) in [5.41, 5.74) is 0. The summed E-state index contributed by atoms with van der Waals surface area (Å²) >= 11 is 0. The van der Waals surface area contributed by atoms with E-state index in [4.69, 9.17) is 4.74 Å². The van der Waals surface area contributed by atoms with Crippen molar-refractivity contribution in [3.8, 4) is 0 Å². The van der Waals surface area contributed by atoms with Crippen LogP contribution in [0.4, 0.5) is 0 Å². The molecular weight excluding hydrogens is 354 g/mol. The summed E-state index contributed by atoms with van der Waals surface area (Å²) in [5, 5.41) is 0. The Hall–Kier alpha value is -0.0800. The van der Waals surface area contributed by atoms with E-state index >= 15 is 0 Å². The van der Waals surface area contributed by atoms with E-state index in [1.807, 2.05) is 0 Å². The van der Waals surface area contributed by atoms with Crippen LogP contribution in [0.5, 0.6) is 0 Å². The van der Waals surface area contributed by atoms with Crippen molar-refractivity contribution in [3.63, 3.8) is 0 Å². The van der Waals surface area contributed by atoms with Crippen molar-refractivity contribution in [3.05, 3.63) is 0 Å². The van der Waals surface area contributed by atoms with E-state index in [0.29, 0.717) is 0 Å². The average Bonchev–Trinajstić information content (AvgIpc) is 2.74. The van der Waals surface area contributed by atoms with Gasteiger partial charge in [-0.3, -0.25) is 0 Å². The molecule has 2 nitrogen and oxygen atoms in total. The van der Waals surface area contributed by atoms with Crippen LogP contribution < -0.4 is 0 Å².